The Morgan fingerprint density at radius 2 is 1.84 bits per heavy atom. The summed E-state index contributed by atoms with van der Waals surface area (Å²) < 4.78 is 15.3. The molecule has 8 nitrogen and oxygen atoms in total. The first-order valence-corrected chi connectivity index (χ1v) is 18.9. The number of carbonyl (C=O) groups excluding carboxylic acids is 1. The number of halogens is 1. The van der Waals surface area contributed by atoms with Crippen molar-refractivity contribution in [1.29, 1.82) is 0 Å². The van der Waals surface area contributed by atoms with E-state index in [1.54, 1.807) is 22.9 Å². The first-order chi connectivity index (χ1) is 21.0. The monoisotopic (exact) mass is 674 g/mol. The molecule has 0 bridgehead atoms. The number of aliphatic hydroxyl groups excluding tert-OH is 1. The van der Waals surface area contributed by atoms with Crippen molar-refractivity contribution >= 4 is 40.8 Å². The van der Waals surface area contributed by atoms with Gasteiger partial charge < -0.3 is 19.5 Å². The number of ether oxygens (including phenoxy) is 2. The van der Waals surface area contributed by atoms with Gasteiger partial charge in [-0.05, 0) is 64.1 Å². The number of aryl methyl sites for hydroxylation is 2. The van der Waals surface area contributed by atoms with Crippen LogP contribution in [-0.2, 0) is 21.7 Å². The van der Waals surface area contributed by atoms with Crippen molar-refractivity contribution in [3.05, 3.63) is 99.8 Å². The van der Waals surface area contributed by atoms with Crippen LogP contribution in [0.2, 0.25) is 18.6 Å². The van der Waals surface area contributed by atoms with Crippen LogP contribution in [-0.4, -0.2) is 54.3 Å². The molecule has 230 valence electrons. The Morgan fingerprint density at radius 1 is 1.14 bits per heavy atom. The Hall–Kier alpha value is -3.31. The average Bonchev–Trinajstić information content (AvgIpc) is 3.67. The third-order valence-electron chi connectivity index (χ3n) is 9.75. The number of nitrogens with zero attached hydrogens (tertiary/aromatic N) is 4. The van der Waals surface area contributed by atoms with Gasteiger partial charge in [0.05, 0.1) is 33.2 Å². The minimum Gasteiger partial charge on any atom is -0.497 e. The molecular weight excluding hydrogens is 636 g/mol. The number of likely N-dealkylation sites (N-methyl/N-ethyl adjacent to an activating group) is 1. The van der Waals surface area contributed by atoms with Gasteiger partial charge in [-0.1, -0.05) is 78.9 Å². The predicted molar refractivity (Wildman–Crippen MR) is 177 cm³/mol. The molecule has 44 heavy (non-hydrogen) atoms. The molecule has 3 heterocycles. The van der Waals surface area contributed by atoms with E-state index in [4.69, 9.17) is 9.47 Å². The number of amides is 1. The summed E-state index contributed by atoms with van der Waals surface area (Å²) in [5, 5.41) is 20.8. The third kappa shape index (κ3) is 4.92. The molecule has 6 rings (SSSR count). The first-order valence-electron chi connectivity index (χ1n) is 15.0. The number of benzene rings is 3. The van der Waals surface area contributed by atoms with Gasteiger partial charge in [-0.25, -0.2) is 0 Å². The predicted octanol–water partition coefficient (Wildman–Crippen LogP) is 5.72. The highest BCUT2D eigenvalue weighted by Gasteiger charge is 2.66. The van der Waals surface area contributed by atoms with Crippen LogP contribution in [0.3, 0.4) is 0 Å². The van der Waals surface area contributed by atoms with Crippen LogP contribution in [0, 0.1) is 12.8 Å². The minimum atomic E-state index is -2.25. The molecule has 0 unspecified atom stereocenters. The summed E-state index contributed by atoms with van der Waals surface area (Å²) in [6.07, 6.45) is 1.39. The van der Waals surface area contributed by atoms with Gasteiger partial charge in [0.1, 0.15) is 17.5 Å². The quantitative estimate of drug-likeness (QED) is 0.241. The molecular formula is C34H39BrN4O4Si. The fourth-order valence-corrected chi connectivity index (χ4v) is 12.4. The van der Waals surface area contributed by atoms with Gasteiger partial charge in [0.2, 0.25) is 0 Å². The van der Waals surface area contributed by atoms with Crippen molar-refractivity contribution in [2.45, 2.75) is 63.3 Å². The Labute approximate surface area is 268 Å². The lowest BCUT2D eigenvalue weighted by Crippen LogP contribution is -2.51. The summed E-state index contributed by atoms with van der Waals surface area (Å²) in [6.45, 7) is 9.55. The van der Waals surface area contributed by atoms with E-state index in [9.17, 15) is 9.90 Å². The highest BCUT2D eigenvalue weighted by Crippen LogP contribution is 2.60. The smallest absolute Gasteiger partial charge is 0.264 e. The van der Waals surface area contributed by atoms with Gasteiger partial charge in [0.15, 0.2) is 5.60 Å². The molecule has 10 heteroatoms. The van der Waals surface area contributed by atoms with Crippen molar-refractivity contribution in [2.24, 2.45) is 5.92 Å². The van der Waals surface area contributed by atoms with Crippen LogP contribution in [0.1, 0.15) is 41.8 Å². The molecule has 3 aromatic carbocycles. The van der Waals surface area contributed by atoms with Crippen LogP contribution in [0.15, 0.2) is 77.4 Å². The Morgan fingerprint density at radius 3 is 2.52 bits per heavy atom. The lowest BCUT2D eigenvalue weighted by atomic mass is 9.82. The van der Waals surface area contributed by atoms with E-state index in [0.717, 1.165) is 32.6 Å². The van der Waals surface area contributed by atoms with Gasteiger partial charge in [0.25, 0.3) is 5.91 Å². The van der Waals surface area contributed by atoms with Gasteiger partial charge >= 0.3 is 0 Å². The molecule has 1 amide bonds. The zero-order valence-electron chi connectivity index (χ0n) is 26.0. The maximum atomic E-state index is 14.3. The molecule has 1 fully saturated rings. The number of aliphatic hydroxyl groups is 1. The summed E-state index contributed by atoms with van der Waals surface area (Å²) in [6, 6.07) is 22.0. The van der Waals surface area contributed by atoms with E-state index < -0.39 is 19.8 Å². The standard InChI is InChI=1S/C34H39BrN4O4Si/c1-21-18-26-30(27(35)19-21)38(3)33(41)34(26)22(2)32(44(5,6)25-14-12-24(42-4)13-15-25)29(43-34)16-17-39-20-28(36-37-39)31(40)23-10-8-7-9-11-23/h7-15,18-20,22,29,31-32,40H,16-17H2,1-6H3/t22-,29+,31-,32-,34+/m1/s1. The number of hydrogen-bond donors (Lipinski definition) is 1. The number of hydrogen-bond acceptors (Lipinski definition) is 6. The molecule has 1 N–H and O–H groups in total. The fraction of sp³-hybridized carbons (Fsp3) is 0.382. The van der Waals surface area contributed by atoms with E-state index in [1.165, 1.54) is 5.19 Å². The minimum absolute atomic E-state index is 0.0210. The van der Waals surface area contributed by atoms with Crippen molar-refractivity contribution in [2.75, 3.05) is 19.1 Å². The van der Waals surface area contributed by atoms with Crippen LogP contribution in [0.5, 0.6) is 5.75 Å². The van der Waals surface area contributed by atoms with E-state index in [2.05, 4.69) is 77.4 Å². The molecule has 1 aromatic heterocycles. The largest absolute Gasteiger partial charge is 0.497 e. The normalized spacial score (nSPS) is 23.8. The number of aromatic nitrogens is 3. The summed E-state index contributed by atoms with van der Waals surface area (Å²) in [5.41, 5.74) is 3.20. The van der Waals surface area contributed by atoms with E-state index in [-0.39, 0.29) is 23.5 Å². The highest BCUT2D eigenvalue weighted by atomic mass is 79.9. The molecule has 0 saturated carbocycles. The van der Waals surface area contributed by atoms with Gasteiger partial charge in [-0.15, -0.1) is 5.10 Å². The molecule has 0 radical (unpaired) electrons. The number of fused-ring (bicyclic) bond motifs is 2. The number of anilines is 1. The Balaban J connectivity index is 1.36. The zero-order valence-corrected chi connectivity index (χ0v) is 28.6. The SMILES string of the molecule is COc1ccc([Si](C)(C)[C@H]2[C@H](CCn3cc([C@H](O)c4ccccc4)nn3)O[C@@]3(C(=O)N(C)c4c(Br)cc(C)cc43)[C@@H]2C)cc1. The van der Waals surface area contributed by atoms with Crippen LogP contribution in [0.4, 0.5) is 5.69 Å². The number of carbonyl (C=O) groups is 1. The lowest BCUT2D eigenvalue weighted by Gasteiger charge is -2.37. The lowest BCUT2D eigenvalue weighted by molar-refractivity contribution is -0.145. The molecule has 0 aliphatic carbocycles. The maximum Gasteiger partial charge on any atom is 0.264 e. The second kappa shape index (κ2) is 11.6. The molecule has 5 atom stereocenters. The average molecular weight is 676 g/mol. The van der Waals surface area contributed by atoms with Crippen molar-refractivity contribution in [3.8, 4) is 5.75 Å². The molecule has 1 spiro atoms. The van der Waals surface area contributed by atoms with E-state index >= 15 is 0 Å². The molecule has 2 aliphatic heterocycles. The van der Waals surface area contributed by atoms with Crippen LogP contribution in [0.25, 0.3) is 0 Å². The first kappa shape index (κ1) is 30.7. The summed E-state index contributed by atoms with van der Waals surface area (Å²) >= 11 is 3.74. The molecule has 2 aliphatic rings. The maximum absolute atomic E-state index is 14.3. The summed E-state index contributed by atoms with van der Waals surface area (Å²) in [4.78, 5) is 16.1. The van der Waals surface area contributed by atoms with Gasteiger partial charge in [-0.3, -0.25) is 9.48 Å². The van der Waals surface area contributed by atoms with Crippen molar-refractivity contribution in [1.82, 2.24) is 15.0 Å². The van der Waals surface area contributed by atoms with Gasteiger partial charge in [0, 0.05) is 29.5 Å². The zero-order chi connectivity index (χ0) is 31.4. The van der Waals surface area contributed by atoms with Crippen molar-refractivity contribution < 1.29 is 19.4 Å². The van der Waals surface area contributed by atoms with Crippen LogP contribution >= 0.6 is 15.9 Å². The second-order valence-corrected chi connectivity index (χ2v) is 18.2. The fourth-order valence-electron chi connectivity index (χ4n) is 7.53. The highest BCUT2D eigenvalue weighted by molar-refractivity contribution is 9.10. The second-order valence-electron chi connectivity index (χ2n) is 12.7. The van der Waals surface area contributed by atoms with E-state index in [0.29, 0.717) is 18.7 Å². The Kier molecular flexibility index (Phi) is 8.07. The van der Waals surface area contributed by atoms with Crippen LogP contribution < -0.4 is 14.8 Å². The number of methoxy groups -OCH3 is 1. The van der Waals surface area contributed by atoms with E-state index in [1.807, 2.05) is 49.5 Å². The van der Waals surface area contributed by atoms with Gasteiger partial charge in [-0.2, -0.15) is 0 Å². The van der Waals surface area contributed by atoms with Crippen molar-refractivity contribution in [3.63, 3.8) is 0 Å². The Bertz CT molecular complexity index is 1680. The summed E-state index contributed by atoms with van der Waals surface area (Å²) in [5.74, 6) is 0.726. The summed E-state index contributed by atoms with van der Waals surface area (Å²) in [7, 11) is 1.28. The molecule has 1 saturated heterocycles. The third-order valence-corrected chi connectivity index (χ3v) is 14.7. The number of rotatable bonds is 8. The molecule has 4 aromatic rings. The topological polar surface area (TPSA) is 89.7 Å².